The monoisotopic (exact) mass is 142 g/mol. The van der Waals surface area contributed by atoms with Gasteiger partial charge in [0.25, 0.3) is 0 Å². The zero-order chi connectivity index (χ0) is 7.56. The molecular weight excluding hydrogens is 132 g/mol. The van der Waals surface area contributed by atoms with Gasteiger partial charge in [0, 0.05) is 11.8 Å². The standard InChI is InChI=1S/C6H10N2O2/c1-4-6(9)5(2-8-7)3-10-4/h2,4,8H,3,7H2,1H3/b5-2+. The summed E-state index contributed by atoms with van der Waals surface area (Å²) in [7, 11) is 0. The minimum Gasteiger partial charge on any atom is -0.365 e. The highest BCUT2D eigenvalue weighted by Gasteiger charge is 2.25. The minimum absolute atomic E-state index is 0.0120. The number of ketones is 1. The van der Waals surface area contributed by atoms with E-state index in [1.54, 1.807) is 6.92 Å². The van der Waals surface area contributed by atoms with Gasteiger partial charge < -0.3 is 10.2 Å². The maximum atomic E-state index is 11.0. The van der Waals surface area contributed by atoms with Crippen LogP contribution in [0.2, 0.25) is 0 Å². The molecule has 3 N–H and O–H groups in total. The van der Waals surface area contributed by atoms with E-state index in [9.17, 15) is 4.79 Å². The van der Waals surface area contributed by atoms with E-state index in [1.807, 2.05) is 0 Å². The summed E-state index contributed by atoms with van der Waals surface area (Å²) in [6.45, 7) is 2.09. The van der Waals surface area contributed by atoms with Gasteiger partial charge in [-0.25, -0.2) is 0 Å². The van der Waals surface area contributed by atoms with Gasteiger partial charge in [-0.3, -0.25) is 10.6 Å². The Hall–Kier alpha value is -0.870. The van der Waals surface area contributed by atoms with E-state index >= 15 is 0 Å². The van der Waals surface area contributed by atoms with Gasteiger partial charge in [-0.1, -0.05) is 0 Å². The second kappa shape index (κ2) is 2.81. The Kier molecular flexibility index (Phi) is 2.03. The lowest BCUT2D eigenvalue weighted by molar-refractivity contribution is -0.119. The Balaban J connectivity index is 2.66. The lowest BCUT2D eigenvalue weighted by atomic mass is 10.2. The van der Waals surface area contributed by atoms with Gasteiger partial charge in [-0.05, 0) is 6.92 Å². The first kappa shape index (κ1) is 7.24. The van der Waals surface area contributed by atoms with Crippen LogP contribution in [0.1, 0.15) is 6.92 Å². The van der Waals surface area contributed by atoms with Crippen molar-refractivity contribution in [2.75, 3.05) is 6.61 Å². The van der Waals surface area contributed by atoms with Crippen LogP contribution in [0.25, 0.3) is 0 Å². The number of ether oxygens (including phenoxy) is 1. The highest BCUT2D eigenvalue weighted by Crippen LogP contribution is 2.12. The van der Waals surface area contributed by atoms with E-state index in [4.69, 9.17) is 10.6 Å². The Morgan fingerprint density at radius 2 is 2.60 bits per heavy atom. The molecule has 0 saturated carbocycles. The quantitative estimate of drug-likeness (QED) is 0.289. The van der Waals surface area contributed by atoms with Crippen molar-refractivity contribution in [2.45, 2.75) is 13.0 Å². The summed E-state index contributed by atoms with van der Waals surface area (Å²) in [5, 5.41) is 0. The highest BCUT2D eigenvalue weighted by atomic mass is 16.5. The van der Waals surface area contributed by atoms with Crippen LogP contribution in [0, 0.1) is 0 Å². The number of rotatable bonds is 1. The lowest BCUT2D eigenvalue weighted by Gasteiger charge is -1.93. The van der Waals surface area contributed by atoms with Crippen molar-refractivity contribution in [2.24, 2.45) is 5.84 Å². The molecule has 1 heterocycles. The molecule has 0 amide bonds. The molecule has 1 aliphatic heterocycles. The summed E-state index contributed by atoms with van der Waals surface area (Å²) in [5.41, 5.74) is 2.90. The van der Waals surface area contributed by atoms with Crippen LogP contribution in [0.4, 0.5) is 0 Å². The van der Waals surface area contributed by atoms with E-state index in [0.29, 0.717) is 12.2 Å². The van der Waals surface area contributed by atoms with Crippen molar-refractivity contribution in [3.63, 3.8) is 0 Å². The molecule has 0 aromatic carbocycles. The Morgan fingerprint density at radius 3 is 3.00 bits per heavy atom. The maximum absolute atomic E-state index is 11.0. The van der Waals surface area contributed by atoms with Gasteiger partial charge in [0.2, 0.25) is 0 Å². The zero-order valence-electron chi connectivity index (χ0n) is 5.76. The number of hydrazine groups is 1. The van der Waals surface area contributed by atoms with Crippen molar-refractivity contribution in [1.82, 2.24) is 5.43 Å². The molecule has 4 nitrogen and oxygen atoms in total. The first-order chi connectivity index (χ1) is 4.75. The Labute approximate surface area is 59.0 Å². The number of carbonyl (C=O) groups is 1. The normalized spacial score (nSPS) is 29.6. The molecule has 0 bridgehead atoms. The van der Waals surface area contributed by atoms with E-state index < -0.39 is 0 Å². The Bertz CT molecular complexity index is 177. The van der Waals surface area contributed by atoms with Crippen LogP contribution in [-0.2, 0) is 9.53 Å². The van der Waals surface area contributed by atoms with Crippen LogP contribution in [0.15, 0.2) is 11.8 Å². The second-order valence-corrected chi connectivity index (χ2v) is 2.15. The summed E-state index contributed by atoms with van der Waals surface area (Å²) >= 11 is 0. The predicted molar refractivity (Wildman–Crippen MR) is 35.8 cm³/mol. The molecule has 1 atom stereocenters. The molecular formula is C6H10N2O2. The first-order valence-electron chi connectivity index (χ1n) is 3.06. The molecule has 1 rings (SSSR count). The first-order valence-corrected chi connectivity index (χ1v) is 3.06. The van der Waals surface area contributed by atoms with Gasteiger partial charge in [-0.2, -0.15) is 0 Å². The number of carbonyl (C=O) groups excluding carboxylic acids is 1. The molecule has 0 radical (unpaired) electrons. The fourth-order valence-electron chi connectivity index (χ4n) is 0.836. The van der Waals surface area contributed by atoms with E-state index in [0.717, 1.165) is 0 Å². The number of nitrogens with one attached hydrogen (secondary N) is 1. The summed E-state index contributed by atoms with van der Waals surface area (Å²) in [4.78, 5) is 11.0. The van der Waals surface area contributed by atoms with Crippen LogP contribution in [0.3, 0.4) is 0 Å². The molecule has 56 valence electrons. The fourth-order valence-corrected chi connectivity index (χ4v) is 0.836. The molecule has 1 unspecified atom stereocenters. The lowest BCUT2D eigenvalue weighted by Crippen LogP contribution is -2.17. The topological polar surface area (TPSA) is 64.3 Å². The SMILES string of the molecule is CC1OC/C(=C\NN)C1=O. The van der Waals surface area contributed by atoms with Crippen molar-refractivity contribution >= 4 is 5.78 Å². The highest BCUT2D eigenvalue weighted by molar-refractivity contribution is 6.00. The van der Waals surface area contributed by atoms with Crippen LogP contribution in [0.5, 0.6) is 0 Å². The van der Waals surface area contributed by atoms with E-state index in [-0.39, 0.29) is 11.9 Å². The van der Waals surface area contributed by atoms with Crippen LogP contribution < -0.4 is 11.3 Å². The molecule has 1 fully saturated rings. The minimum atomic E-state index is -0.306. The predicted octanol–water partition coefficient (Wildman–Crippen LogP) is -0.679. The summed E-state index contributed by atoms with van der Waals surface area (Å²) in [5.74, 6) is 4.99. The molecule has 1 aliphatic rings. The molecule has 1 saturated heterocycles. The van der Waals surface area contributed by atoms with Gasteiger partial charge in [0.1, 0.15) is 6.10 Å². The number of hydrogen-bond acceptors (Lipinski definition) is 4. The van der Waals surface area contributed by atoms with Crippen molar-refractivity contribution in [3.8, 4) is 0 Å². The number of nitrogens with two attached hydrogens (primary N) is 1. The van der Waals surface area contributed by atoms with Gasteiger partial charge >= 0.3 is 0 Å². The number of Topliss-reactive ketones (excluding diaryl/α,β-unsaturated/α-hetero) is 1. The number of hydrogen-bond donors (Lipinski definition) is 2. The van der Waals surface area contributed by atoms with Crippen LogP contribution >= 0.6 is 0 Å². The maximum Gasteiger partial charge on any atom is 0.191 e. The molecule has 0 aromatic heterocycles. The summed E-state index contributed by atoms with van der Waals surface area (Å²) < 4.78 is 5.02. The van der Waals surface area contributed by atoms with Crippen LogP contribution in [-0.4, -0.2) is 18.5 Å². The molecule has 4 heteroatoms. The summed E-state index contributed by atoms with van der Waals surface area (Å²) in [6, 6.07) is 0. The third kappa shape index (κ3) is 1.17. The van der Waals surface area contributed by atoms with Crippen molar-refractivity contribution in [1.29, 1.82) is 0 Å². The molecule has 10 heavy (non-hydrogen) atoms. The molecule has 0 aromatic rings. The van der Waals surface area contributed by atoms with Crippen molar-refractivity contribution in [3.05, 3.63) is 11.8 Å². The summed E-state index contributed by atoms with van der Waals surface area (Å²) in [6.07, 6.45) is 1.16. The average molecular weight is 142 g/mol. The third-order valence-electron chi connectivity index (χ3n) is 1.43. The van der Waals surface area contributed by atoms with Gasteiger partial charge in [0.15, 0.2) is 5.78 Å². The van der Waals surface area contributed by atoms with E-state index in [2.05, 4.69) is 5.43 Å². The smallest absolute Gasteiger partial charge is 0.191 e. The molecule has 0 aliphatic carbocycles. The molecule has 0 spiro atoms. The van der Waals surface area contributed by atoms with Crippen molar-refractivity contribution < 1.29 is 9.53 Å². The zero-order valence-corrected chi connectivity index (χ0v) is 5.76. The average Bonchev–Trinajstić information content (AvgIpc) is 2.20. The fraction of sp³-hybridized carbons (Fsp3) is 0.500. The third-order valence-corrected chi connectivity index (χ3v) is 1.43. The second-order valence-electron chi connectivity index (χ2n) is 2.15. The van der Waals surface area contributed by atoms with E-state index in [1.165, 1.54) is 6.20 Å². The Morgan fingerprint density at radius 1 is 1.90 bits per heavy atom. The largest absolute Gasteiger partial charge is 0.365 e. The van der Waals surface area contributed by atoms with Gasteiger partial charge in [-0.15, -0.1) is 0 Å². The van der Waals surface area contributed by atoms with Gasteiger partial charge in [0.05, 0.1) is 6.61 Å².